The topological polar surface area (TPSA) is 58.4 Å². The number of nitrogens with two attached hydrogens (primary N) is 1. The van der Waals surface area contributed by atoms with Crippen LogP contribution in [0.3, 0.4) is 0 Å². The number of hydrazine groups is 1. The molecule has 4 nitrogen and oxygen atoms in total. The second-order valence-corrected chi connectivity index (χ2v) is 4.77. The van der Waals surface area contributed by atoms with Crippen molar-refractivity contribution in [3.63, 3.8) is 0 Å². The average molecular weight is 235 g/mol. The number of carbonyl (C=O) groups excluding carboxylic acids is 1. The summed E-state index contributed by atoms with van der Waals surface area (Å²) in [5, 5.41) is 0. The molecule has 0 aliphatic heterocycles. The van der Waals surface area contributed by atoms with E-state index in [0.717, 1.165) is 12.1 Å². The van der Waals surface area contributed by atoms with Crippen molar-refractivity contribution >= 4 is 11.6 Å². The molecule has 0 saturated carbocycles. The lowest BCUT2D eigenvalue weighted by Gasteiger charge is -2.21. The predicted molar refractivity (Wildman–Crippen MR) is 70.8 cm³/mol. The van der Waals surface area contributed by atoms with E-state index in [1.807, 2.05) is 32.2 Å². The largest absolute Gasteiger partial charge is 0.341 e. The van der Waals surface area contributed by atoms with Gasteiger partial charge in [0.05, 0.1) is 11.3 Å². The number of rotatable bonds is 4. The number of nitrogen functional groups attached to an aromatic ring is 1. The van der Waals surface area contributed by atoms with Crippen molar-refractivity contribution in [3.05, 3.63) is 29.3 Å². The molecule has 0 saturated heterocycles. The van der Waals surface area contributed by atoms with E-state index < -0.39 is 0 Å². The van der Waals surface area contributed by atoms with Crippen molar-refractivity contribution in [2.75, 3.05) is 19.0 Å². The van der Waals surface area contributed by atoms with Gasteiger partial charge in [-0.15, -0.1) is 0 Å². The molecule has 3 N–H and O–H groups in total. The van der Waals surface area contributed by atoms with Gasteiger partial charge in [-0.1, -0.05) is 19.9 Å². The van der Waals surface area contributed by atoms with E-state index in [0.29, 0.717) is 17.2 Å². The number of nitrogens with one attached hydrogen (secondary N) is 1. The van der Waals surface area contributed by atoms with Crippen molar-refractivity contribution in [2.45, 2.75) is 20.8 Å². The fraction of sp³-hybridized carbons (Fsp3) is 0.462. The minimum Gasteiger partial charge on any atom is -0.341 e. The van der Waals surface area contributed by atoms with Gasteiger partial charge in [-0.05, 0) is 30.5 Å². The Kier molecular flexibility index (Phi) is 4.52. The molecule has 0 radical (unpaired) electrons. The summed E-state index contributed by atoms with van der Waals surface area (Å²) in [6, 6.07) is 5.59. The second kappa shape index (κ2) is 5.68. The van der Waals surface area contributed by atoms with Crippen LogP contribution in [0.1, 0.15) is 29.8 Å². The van der Waals surface area contributed by atoms with Crippen molar-refractivity contribution in [3.8, 4) is 0 Å². The number of hydrogen-bond acceptors (Lipinski definition) is 3. The maximum Gasteiger partial charge on any atom is 0.255 e. The summed E-state index contributed by atoms with van der Waals surface area (Å²) in [4.78, 5) is 13.9. The highest BCUT2D eigenvalue weighted by Gasteiger charge is 2.16. The quantitative estimate of drug-likeness (QED) is 0.620. The number of amides is 1. The van der Waals surface area contributed by atoms with E-state index in [-0.39, 0.29) is 5.91 Å². The highest BCUT2D eigenvalue weighted by molar-refractivity contribution is 5.99. The minimum absolute atomic E-state index is 0.00773. The van der Waals surface area contributed by atoms with Crippen LogP contribution in [0.4, 0.5) is 5.69 Å². The number of hydrogen-bond donors (Lipinski definition) is 2. The SMILES string of the molecule is Cc1ccc(C(=O)N(C)CC(C)C)c(NN)c1. The van der Waals surface area contributed by atoms with Gasteiger partial charge in [0.15, 0.2) is 0 Å². The van der Waals surface area contributed by atoms with E-state index in [1.54, 1.807) is 4.90 Å². The molecule has 0 heterocycles. The molecule has 0 atom stereocenters. The summed E-state index contributed by atoms with van der Waals surface area (Å²) in [5.74, 6) is 5.88. The normalized spacial score (nSPS) is 10.5. The van der Waals surface area contributed by atoms with Crippen LogP contribution in [-0.4, -0.2) is 24.4 Å². The third-order valence-corrected chi connectivity index (χ3v) is 2.55. The molecule has 1 aromatic rings. The van der Waals surface area contributed by atoms with Gasteiger partial charge in [-0.3, -0.25) is 10.6 Å². The highest BCUT2D eigenvalue weighted by Crippen LogP contribution is 2.18. The monoisotopic (exact) mass is 235 g/mol. The van der Waals surface area contributed by atoms with Crippen LogP contribution in [0.2, 0.25) is 0 Å². The molecule has 94 valence electrons. The van der Waals surface area contributed by atoms with E-state index in [1.165, 1.54) is 0 Å². The Labute approximate surface area is 103 Å². The summed E-state index contributed by atoms with van der Waals surface area (Å²) >= 11 is 0. The Morgan fingerprint density at radius 1 is 1.47 bits per heavy atom. The number of nitrogens with zero attached hydrogens (tertiary/aromatic N) is 1. The molecular weight excluding hydrogens is 214 g/mol. The number of anilines is 1. The van der Waals surface area contributed by atoms with Gasteiger partial charge in [0, 0.05) is 13.6 Å². The molecular formula is C13H21N3O. The molecule has 17 heavy (non-hydrogen) atoms. The van der Waals surface area contributed by atoms with Crippen molar-refractivity contribution in [1.29, 1.82) is 0 Å². The first-order chi connectivity index (χ1) is 7.95. The minimum atomic E-state index is -0.00773. The van der Waals surface area contributed by atoms with Gasteiger partial charge >= 0.3 is 0 Å². The number of carbonyl (C=O) groups is 1. The van der Waals surface area contributed by atoms with Crippen molar-refractivity contribution < 1.29 is 4.79 Å². The van der Waals surface area contributed by atoms with E-state index in [9.17, 15) is 4.79 Å². The van der Waals surface area contributed by atoms with Crippen LogP contribution in [0.15, 0.2) is 18.2 Å². The summed E-state index contributed by atoms with van der Waals surface area (Å²) in [7, 11) is 1.81. The van der Waals surface area contributed by atoms with Crippen molar-refractivity contribution in [2.24, 2.45) is 11.8 Å². The molecule has 4 heteroatoms. The molecule has 0 spiro atoms. The molecule has 1 aromatic carbocycles. The molecule has 0 aliphatic rings. The van der Waals surface area contributed by atoms with Crippen LogP contribution in [-0.2, 0) is 0 Å². The van der Waals surface area contributed by atoms with Gasteiger partial charge < -0.3 is 10.3 Å². The molecule has 0 aliphatic carbocycles. The lowest BCUT2D eigenvalue weighted by molar-refractivity contribution is 0.0780. The Morgan fingerprint density at radius 3 is 2.65 bits per heavy atom. The van der Waals surface area contributed by atoms with Gasteiger partial charge in [-0.25, -0.2) is 0 Å². The predicted octanol–water partition coefficient (Wildman–Crippen LogP) is 2.01. The Hall–Kier alpha value is -1.55. The summed E-state index contributed by atoms with van der Waals surface area (Å²) in [6.07, 6.45) is 0. The third-order valence-electron chi connectivity index (χ3n) is 2.55. The molecule has 0 aromatic heterocycles. The van der Waals surface area contributed by atoms with Gasteiger partial charge in [0.1, 0.15) is 0 Å². The number of aryl methyl sites for hydroxylation is 1. The first kappa shape index (κ1) is 13.5. The molecule has 1 amide bonds. The summed E-state index contributed by atoms with van der Waals surface area (Å²) in [6.45, 7) is 6.87. The smallest absolute Gasteiger partial charge is 0.255 e. The first-order valence-corrected chi connectivity index (χ1v) is 5.78. The van der Waals surface area contributed by atoms with E-state index in [4.69, 9.17) is 5.84 Å². The lowest BCUT2D eigenvalue weighted by Crippen LogP contribution is -2.31. The maximum atomic E-state index is 12.2. The van der Waals surface area contributed by atoms with Crippen LogP contribution >= 0.6 is 0 Å². The number of benzene rings is 1. The molecule has 0 fully saturated rings. The maximum absolute atomic E-state index is 12.2. The average Bonchev–Trinajstić information content (AvgIpc) is 2.27. The van der Waals surface area contributed by atoms with Crippen LogP contribution in [0.25, 0.3) is 0 Å². The standard InChI is InChI=1S/C13H21N3O/c1-9(2)8-16(4)13(17)11-6-5-10(3)7-12(11)15-14/h5-7,9,15H,8,14H2,1-4H3. The fourth-order valence-electron chi connectivity index (χ4n) is 1.80. The zero-order chi connectivity index (χ0) is 13.0. The third kappa shape index (κ3) is 3.46. The van der Waals surface area contributed by atoms with Gasteiger partial charge in [0.25, 0.3) is 5.91 Å². The first-order valence-electron chi connectivity index (χ1n) is 5.78. The summed E-state index contributed by atoms with van der Waals surface area (Å²) < 4.78 is 0. The van der Waals surface area contributed by atoms with Gasteiger partial charge in [0.2, 0.25) is 0 Å². The Balaban J connectivity index is 2.95. The molecule has 1 rings (SSSR count). The fourth-order valence-corrected chi connectivity index (χ4v) is 1.80. The second-order valence-electron chi connectivity index (χ2n) is 4.77. The van der Waals surface area contributed by atoms with E-state index >= 15 is 0 Å². The van der Waals surface area contributed by atoms with Crippen LogP contribution in [0.5, 0.6) is 0 Å². The highest BCUT2D eigenvalue weighted by atomic mass is 16.2. The van der Waals surface area contributed by atoms with Crippen molar-refractivity contribution in [1.82, 2.24) is 4.90 Å². The van der Waals surface area contributed by atoms with Gasteiger partial charge in [-0.2, -0.15) is 0 Å². The molecule has 0 unspecified atom stereocenters. The zero-order valence-electron chi connectivity index (χ0n) is 10.9. The zero-order valence-corrected chi connectivity index (χ0v) is 10.9. The summed E-state index contributed by atoms with van der Waals surface area (Å²) in [5.41, 5.74) is 4.93. The Bertz CT molecular complexity index is 402. The van der Waals surface area contributed by atoms with Crippen LogP contribution < -0.4 is 11.3 Å². The lowest BCUT2D eigenvalue weighted by atomic mass is 10.1. The van der Waals surface area contributed by atoms with E-state index in [2.05, 4.69) is 19.3 Å². The van der Waals surface area contributed by atoms with Crippen LogP contribution in [0, 0.1) is 12.8 Å². The molecule has 0 bridgehead atoms. The Morgan fingerprint density at radius 2 is 2.12 bits per heavy atom.